The molecule has 0 radical (unpaired) electrons. The highest BCUT2D eigenvalue weighted by Crippen LogP contribution is 2.46. The molecule has 0 fully saturated rings. The number of carbonyl (C=O) groups is 2. The standard InChI is InChI=1S/C28H30FN3O5S/c1-16(2)37-27(34)25-17(3)31-28-32(26(25)19-8-11-22(35-4)23(12-19)36-5)21(15-38-28)13-24(33)30-14-18-6-9-20(29)10-7-18/h6-12,15-16,26H,13-14H2,1-5H3,(H,30,33)/t26-/m1/s1. The summed E-state index contributed by atoms with van der Waals surface area (Å²) in [4.78, 5) is 32.8. The van der Waals surface area contributed by atoms with Gasteiger partial charge in [-0.25, -0.2) is 14.2 Å². The fourth-order valence-electron chi connectivity index (χ4n) is 4.28. The highest BCUT2D eigenvalue weighted by atomic mass is 32.2. The Hall–Kier alpha value is -3.79. The highest BCUT2D eigenvalue weighted by Gasteiger charge is 2.41. The lowest BCUT2D eigenvalue weighted by Gasteiger charge is -2.36. The lowest BCUT2D eigenvalue weighted by atomic mass is 9.93. The minimum atomic E-state index is -0.597. The number of methoxy groups -OCH3 is 2. The van der Waals surface area contributed by atoms with Crippen LogP contribution < -0.4 is 14.8 Å². The maximum atomic E-state index is 13.3. The summed E-state index contributed by atoms with van der Waals surface area (Å²) in [7, 11) is 3.10. The van der Waals surface area contributed by atoms with Crippen molar-refractivity contribution >= 4 is 28.8 Å². The van der Waals surface area contributed by atoms with Crippen LogP contribution in [0.15, 0.2) is 69.8 Å². The van der Waals surface area contributed by atoms with Crippen LogP contribution in [-0.4, -0.2) is 42.3 Å². The number of amides is 1. The van der Waals surface area contributed by atoms with Crippen LogP contribution in [0.1, 0.15) is 44.4 Å². The van der Waals surface area contributed by atoms with Gasteiger partial charge in [-0.1, -0.05) is 30.0 Å². The number of fused-ring (bicyclic) bond motifs is 1. The molecule has 0 saturated heterocycles. The first-order valence-corrected chi connectivity index (χ1v) is 13.0. The van der Waals surface area contributed by atoms with Crippen LogP contribution in [0.3, 0.4) is 0 Å². The highest BCUT2D eigenvalue weighted by molar-refractivity contribution is 8.16. The van der Waals surface area contributed by atoms with Gasteiger partial charge >= 0.3 is 5.97 Å². The van der Waals surface area contributed by atoms with E-state index in [0.29, 0.717) is 33.6 Å². The molecule has 0 aliphatic carbocycles. The molecule has 2 heterocycles. The van der Waals surface area contributed by atoms with Gasteiger partial charge in [-0.3, -0.25) is 4.79 Å². The van der Waals surface area contributed by atoms with Crippen LogP contribution in [0, 0.1) is 5.82 Å². The number of benzene rings is 2. The molecule has 8 nitrogen and oxygen atoms in total. The number of aliphatic imine (C=N–C) groups is 1. The largest absolute Gasteiger partial charge is 0.493 e. The Bertz CT molecular complexity index is 1320. The number of allylic oxidation sites excluding steroid dienone is 1. The number of amidine groups is 1. The van der Waals surface area contributed by atoms with Gasteiger partial charge in [-0.15, -0.1) is 0 Å². The average molecular weight is 540 g/mol. The molecule has 0 saturated carbocycles. The van der Waals surface area contributed by atoms with E-state index in [1.807, 2.05) is 22.4 Å². The molecule has 1 atom stereocenters. The van der Waals surface area contributed by atoms with Crippen molar-refractivity contribution in [3.05, 3.63) is 81.8 Å². The van der Waals surface area contributed by atoms with Crippen LogP contribution in [-0.2, 0) is 20.9 Å². The molecule has 1 amide bonds. The van der Waals surface area contributed by atoms with E-state index in [1.54, 1.807) is 53.2 Å². The molecule has 1 N–H and O–H groups in total. The number of halogens is 1. The Morgan fingerprint density at radius 3 is 2.47 bits per heavy atom. The zero-order chi connectivity index (χ0) is 27.4. The van der Waals surface area contributed by atoms with Crippen LogP contribution in [0.4, 0.5) is 4.39 Å². The van der Waals surface area contributed by atoms with E-state index in [9.17, 15) is 14.0 Å². The molecule has 38 heavy (non-hydrogen) atoms. The first-order chi connectivity index (χ1) is 18.2. The molecule has 2 aromatic carbocycles. The Morgan fingerprint density at radius 1 is 1.11 bits per heavy atom. The van der Waals surface area contributed by atoms with E-state index in [1.165, 1.54) is 23.9 Å². The number of nitrogens with zero attached hydrogens (tertiary/aromatic N) is 2. The summed E-state index contributed by atoms with van der Waals surface area (Å²) in [6, 6.07) is 10.8. The fourth-order valence-corrected chi connectivity index (χ4v) is 5.24. The van der Waals surface area contributed by atoms with Crippen LogP contribution in [0.5, 0.6) is 11.5 Å². The topological polar surface area (TPSA) is 89.5 Å². The Kier molecular flexibility index (Phi) is 8.41. The zero-order valence-corrected chi connectivity index (χ0v) is 22.7. The number of hydrogen-bond donors (Lipinski definition) is 1. The summed E-state index contributed by atoms with van der Waals surface area (Å²) < 4.78 is 29.7. The van der Waals surface area contributed by atoms with Gasteiger partial charge < -0.3 is 24.4 Å². The maximum absolute atomic E-state index is 13.3. The molecule has 2 aliphatic heterocycles. The fraction of sp³-hybridized carbons (Fsp3) is 0.321. The van der Waals surface area contributed by atoms with Crippen molar-refractivity contribution in [3.8, 4) is 11.5 Å². The second-order valence-corrected chi connectivity index (χ2v) is 9.88. The number of rotatable bonds is 9. The lowest BCUT2D eigenvalue weighted by Crippen LogP contribution is -2.38. The Balaban J connectivity index is 1.65. The second kappa shape index (κ2) is 11.7. The van der Waals surface area contributed by atoms with Crippen molar-refractivity contribution in [2.24, 2.45) is 4.99 Å². The molecule has 0 unspecified atom stereocenters. The summed E-state index contributed by atoms with van der Waals surface area (Å²) in [5.74, 6) is 0.0436. The van der Waals surface area contributed by atoms with Crippen molar-refractivity contribution in [3.63, 3.8) is 0 Å². The van der Waals surface area contributed by atoms with Gasteiger partial charge in [0.1, 0.15) is 5.82 Å². The summed E-state index contributed by atoms with van der Waals surface area (Å²) in [6.07, 6.45) is -0.262. The first-order valence-electron chi connectivity index (χ1n) is 12.1. The smallest absolute Gasteiger partial charge is 0.338 e. The van der Waals surface area contributed by atoms with Gasteiger partial charge in [-0.2, -0.15) is 0 Å². The zero-order valence-electron chi connectivity index (χ0n) is 21.9. The third-order valence-electron chi connectivity index (χ3n) is 6.03. The van der Waals surface area contributed by atoms with Crippen molar-refractivity contribution in [2.45, 2.75) is 45.9 Å². The molecule has 0 aromatic heterocycles. The van der Waals surface area contributed by atoms with Crippen LogP contribution in [0.25, 0.3) is 0 Å². The van der Waals surface area contributed by atoms with Gasteiger partial charge in [0.05, 0.1) is 44.1 Å². The molecular formula is C28H30FN3O5S. The third kappa shape index (κ3) is 5.85. The van der Waals surface area contributed by atoms with E-state index in [2.05, 4.69) is 10.3 Å². The van der Waals surface area contributed by atoms with Gasteiger partial charge in [-0.05, 0) is 61.6 Å². The second-order valence-electron chi connectivity index (χ2n) is 9.04. The molecule has 0 bridgehead atoms. The number of nitrogens with one attached hydrogen (secondary N) is 1. The number of ether oxygens (including phenoxy) is 3. The SMILES string of the molecule is COc1ccc([C@@H]2C(C(=O)OC(C)C)=C(C)N=C3SC=C(CC(=O)NCc4ccc(F)cc4)N32)cc1OC. The summed E-state index contributed by atoms with van der Waals surface area (Å²) >= 11 is 1.39. The summed E-state index contributed by atoms with van der Waals surface area (Å²) in [5, 5.41) is 5.41. The van der Waals surface area contributed by atoms with E-state index in [4.69, 9.17) is 14.2 Å². The maximum Gasteiger partial charge on any atom is 0.338 e. The van der Waals surface area contributed by atoms with Gasteiger partial charge in [0.2, 0.25) is 5.91 Å². The van der Waals surface area contributed by atoms with Crippen molar-refractivity contribution in [1.82, 2.24) is 10.2 Å². The lowest BCUT2D eigenvalue weighted by molar-refractivity contribution is -0.143. The summed E-state index contributed by atoms with van der Waals surface area (Å²) in [5.41, 5.74) is 3.16. The normalized spacial score (nSPS) is 16.6. The van der Waals surface area contributed by atoms with E-state index in [-0.39, 0.29) is 30.8 Å². The third-order valence-corrected chi connectivity index (χ3v) is 6.92. The molecule has 10 heteroatoms. The molecule has 2 aromatic rings. The molecule has 200 valence electrons. The molecule has 2 aliphatic rings. The number of esters is 1. The Morgan fingerprint density at radius 2 is 1.82 bits per heavy atom. The van der Waals surface area contributed by atoms with Crippen molar-refractivity contribution < 1.29 is 28.2 Å². The van der Waals surface area contributed by atoms with Crippen LogP contribution >= 0.6 is 11.8 Å². The molecule has 4 rings (SSSR count). The Labute approximate surface area is 225 Å². The van der Waals surface area contributed by atoms with Crippen molar-refractivity contribution in [1.29, 1.82) is 0 Å². The molecular weight excluding hydrogens is 509 g/mol. The quantitative estimate of drug-likeness (QED) is 0.445. The number of thioether (sulfide) groups is 1. The number of carbonyl (C=O) groups excluding carboxylic acids is 2. The average Bonchev–Trinajstić information content (AvgIpc) is 3.28. The van der Waals surface area contributed by atoms with E-state index < -0.39 is 12.0 Å². The monoisotopic (exact) mass is 539 g/mol. The van der Waals surface area contributed by atoms with Gasteiger partial charge in [0.15, 0.2) is 16.7 Å². The minimum Gasteiger partial charge on any atom is -0.493 e. The minimum absolute atomic E-state index is 0.0581. The van der Waals surface area contributed by atoms with Gasteiger partial charge in [0.25, 0.3) is 0 Å². The van der Waals surface area contributed by atoms with Gasteiger partial charge in [0, 0.05) is 12.2 Å². The predicted octanol–water partition coefficient (Wildman–Crippen LogP) is 5.08. The molecule has 0 spiro atoms. The van der Waals surface area contributed by atoms with E-state index in [0.717, 1.165) is 11.1 Å². The summed E-state index contributed by atoms with van der Waals surface area (Å²) in [6.45, 7) is 5.63. The van der Waals surface area contributed by atoms with Crippen molar-refractivity contribution in [2.75, 3.05) is 14.2 Å². The predicted molar refractivity (Wildman–Crippen MR) is 144 cm³/mol. The van der Waals surface area contributed by atoms with E-state index >= 15 is 0 Å². The number of hydrogen-bond acceptors (Lipinski definition) is 8. The van der Waals surface area contributed by atoms with Crippen LogP contribution in [0.2, 0.25) is 0 Å². The first kappa shape index (κ1) is 27.3.